The van der Waals surface area contributed by atoms with E-state index < -0.39 is 0 Å². The van der Waals surface area contributed by atoms with Gasteiger partial charge in [0.05, 0.1) is 11.3 Å². The molecule has 6 aromatic carbocycles. The van der Waals surface area contributed by atoms with Crippen LogP contribution in [0, 0.1) is 18.2 Å². The van der Waals surface area contributed by atoms with Gasteiger partial charge in [0.1, 0.15) is 16.7 Å². The first kappa shape index (κ1) is 77.6. The van der Waals surface area contributed by atoms with Crippen LogP contribution in [0.1, 0.15) is 168 Å². The van der Waals surface area contributed by atoms with Crippen LogP contribution in [0.2, 0.25) is 0 Å². The fourth-order valence-corrected chi connectivity index (χ4v) is 16.0. The summed E-state index contributed by atoms with van der Waals surface area (Å²) in [5.41, 5.74) is 17.6. The summed E-state index contributed by atoms with van der Waals surface area (Å²) in [5.74, 6) is 2.80. The Kier molecular flexibility index (Phi) is 30.5. The SMILES string of the molecule is CCO.CO.CO.CO.[Ir].[Ir].[c-]1ccc2c(oc3ccc(C4CCCC4)cc32)c1-c1ccc(C2CCCCC2)cn1.[c-]1ccccc1-c1nsc2ccncc12.[c-]1ccccc1-c1nsc2ccncc12.c1cc(-c2ccc(C3CCCCC3)cn2)c2oc3ccc(C4CCCC4)cc3c2c1. The molecule has 16 heteroatoms. The first-order chi connectivity index (χ1) is 49.0. The normalized spacial score (nSPS) is 14.5. The largest absolute Gasteiger partial charge is 0.501 e. The van der Waals surface area contributed by atoms with Crippen molar-refractivity contribution in [1.29, 1.82) is 0 Å². The number of benzene rings is 6. The number of aromatic nitrogens is 6. The van der Waals surface area contributed by atoms with Gasteiger partial charge in [-0.25, -0.2) is 8.75 Å². The van der Waals surface area contributed by atoms with Gasteiger partial charge in [-0.15, -0.1) is 90.0 Å². The monoisotopic (exact) mass is 1740 g/mol. The van der Waals surface area contributed by atoms with Crippen LogP contribution in [0.25, 0.3) is 109 Å². The minimum atomic E-state index is 0. The molecule has 528 valence electrons. The van der Waals surface area contributed by atoms with Crippen molar-refractivity contribution in [3.8, 4) is 45.0 Å². The van der Waals surface area contributed by atoms with E-state index in [9.17, 15) is 0 Å². The van der Waals surface area contributed by atoms with Crippen LogP contribution in [-0.2, 0) is 40.2 Å². The van der Waals surface area contributed by atoms with Crippen molar-refractivity contribution in [2.24, 2.45) is 0 Å². The van der Waals surface area contributed by atoms with Crippen LogP contribution >= 0.6 is 23.1 Å². The average Bonchev–Trinajstić information content (AvgIpc) is 1.62. The number of rotatable bonds is 8. The van der Waals surface area contributed by atoms with E-state index in [4.69, 9.17) is 39.2 Å². The molecular weight excluding hydrogens is 1650 g/mol. The summed E-state index contributed by atoms with van der Waals surface area (Å²) in [6.07, 6.45) is 35.6. The maximum Gasteiger partial charge on any atom is 0.144 e. The van der Waals surface area contributed by atoms with Gasteiger partial charge in [-0.05, 0) is 192 Å². The second kappa shape index (κ2) is 39.8. The van der Waals surface area contributed by atoms with Crippen molar-refractivity contribution < 1.29 is 69.5 Å². The van der Waals surface area contributed by atoms with Crippen molar-refractivity contribution in [3.05, 3.63) is 229 Å². The van der Waals surface area contributed by atoms with Gasteiger partial charge in [0.25, 0.3) is 0 Å². The Morgan fingerprint density at radius 3 is 1.28 bits per heavy atom. The van der Waals surface area contributed by atoms with E-state index in [0.717, 1.165) is 115 Å². The van der Waals surface area contributed by atoms with Gasteiger partial charge in [-0.1, -0.05) is 118 Å². The number of fused-ring (bicyclic) bond motifs is 8. The van der Waals surface area contributed by atoms with Crippen LogP contribution in [-0.4, -0.2) is 77.0 Å². The molecule has 4 fully saturated rings. The molecule has 0 amide bonds. The van der Waals surface area contributed by atoms with E-state index in [1.165, 1.54) is 182 Å². The van der Waals surface area contributed by atoms with Gasteiger partial charge in [0.2, 0.25) is 0 Å². The molecule has 0 bridgehead atoms. The number of para-hydroxylation sites is 1. The van der Waals surface area contributed by atoms with Crippen LogP contribution in [0.3, 0.4) is 0 Å². The Morgan fingerprint density at radius 2 is 0.832 bits per heavy atom. The molecular formula is C85H89Ir2N6O6S2-3. The number of pyridine rings is 4. The molecule has 8 aromatic heterocycles. The molecule has 0 atom stereocenters. The van der Waals surface area contributed by atoms with Crippen molar-refractivity contribution in [1.82, 2.24) is 28.7 Å². The molecule has 0 saturated heterocycles. The number of hydrogen-bond acceptors (Lipinski definition) is 14. The van der Waals surface area contributed by atoms with E-state index in [2.05, 4.69) is 134 Å². The van der Waals surface area contributed by atoms with E-state index in [1.54, 1.807) is 19.3 Å². The minimum absolute atomic E-state index is 0. The third-order valence-electron chi connectivity index (χ3n) is 19.4. The molecule has 0 spiro atoms. The van der Waals surface area contributed by atoms with Crippen LogP contribution in [0.15, 0.2) is 198 Å². The maximum atomic E-state index is 7.57. The Hall–Kier alpha value is -7.56. The van der Waals surface area contributed by atoms with Gasteiger partial charge in [-0.3, -0.25) is 15.0 Å². The summed E-state index contributed by atoms with van der Waals surface area (Å²) in [6.45, 7) is 1.93. The van der Waals surface area contributed by atoms with Crippen molar-refractivity contribution in [3.63, 3.8) is 0 Å². The molecule has 8 heterocycles. The number of aliphatic hydroxyl groups excluding tert-OH is 4. The van der Waals surface area contributed by atoms with E-state index in [1.807, 2.05) is 79.1 Å². The second-order valence-electron chi connectivity index (χ2n) is 25.3. The van der Waals surface area contributed by atoms with Crippen molar-refractivity contribution in [2.75, 3.05) is 27.9 Å². The number of hydrogen-bond donors (Lipinski definition) is 4. The molecule has 0 unspecified atom stereocenters. The number of nitrogens with zero attached hydrogens (tertiary/aromatic N) is 6. The zero-order valence-corrected chi connectivity index (χ0v) is 64.3. The summed E-state index contributed by atoms with van der Waals surface area (Å²) >= 11 is 3.00. The smallest absolute Gasteiger partial charge is 0.144 e. The summed E-state index contributed by atoms with van der Waals surface area (Å²) < 4.78 is 23.9. The topological polar surface area (TPSA) is 185 Å². The van der Waals surface area contributed by atoms with Crippen LogP contribution < -0.4 is 0 Å². The number of furan rings is 2. The van der Waals surface area contributed by atoms with Gasteiger partial charge in [-0.2, -0.15) is 0 Å². The predicted octanol–water partition coefficient (Wildman–Crippen LogP) is 21.6. The summed E-state index contributed by atoms with van der Waals surface area (Å²) in [5, 5.41) is 35.6. The molecule has 4 N–H and O–H groups in total. The standard InChI is InChI=1S/C28H29NO.C28H28NO.2C12H7N2S.C2H6O.3CH4O.2Ir/c2*1-2-7-20(8-3-1)22-13-15-26(29-18-22)24-12-6-11-23-25-17-21(19-9-4-5-10-19)14-16-27(25)30-28(23)24;2*1-2-4-9(5-3-1)12-10-8-13-7-6-11(10)15-14-12;1-2-3;3*1-2;;/h6,11-20H,1-5,7-10H2;6,11,13-20H,1-5,7-10H2;2*1-4,6-8H;3H,2H2,1H3;3*2H,1H3;;/q;3*-1;;;;;;. The molecule has 101 heavy (non-hydrogen) atoms. The van der Waals surface area contributed by atoms with Crippen molar-refractivity contribution in [2.45, 2.75) is 146 Å². The first-order valence-electron chi connectivity index (χ1n) is 35.1. The molecule has 4 aliphatic carbocycles. The third-order valence-corrected chi connectivity index (χ3v) is 21.0. The van der Waals surface area contributed by atoms with Crippen LogP contribution in [0.5, 0.6) is 0 Å². The van der Waals surface area contributed by atoms with Crippen molar-refractivity contribution >= 4 is 87.1 Å². The zero-order valence-electron chi connectivity index (χ0n) is 57.9. The Morgan fingerprint density at radius 1 is 0.406 bits per heavy atom. The summed E-state index contributed by atoms with van der Waals surface area (Å²) in [7, 11) is 3.00. The second-order valence-corrected chi connectivity index (χ2v) is 26.9. The van der Waals surface area contributed by atoms with Gasteiger partial charge in [0, 0.05) is 148 Å². The Labute approximate surface area is 628 Å². The molecule has 0 aliphatic heterocycles. The van der Waals surface area contributed by atoms with E-state index in [-0.39, 0.29) is 46.8 Å². The van der Waals surface area contributed by atoms with E-state index in [0.29, 0.717) is 17.8 Å². The Balaban J connectivity index is 0.000000156. The molecule has 18 rings (SSSR count). The minimum Gasteiger partial charge on any atom is -0.501 e. The van der Waals surface area contributed by atoms with Gasteiger partial charge in [0.15, 0.2) is 0 Å². The molecule has 4 aliphatic rings. The van der Waals surface area contributed by atoms with Gasteiger partial charge >= 0.3 is 0 Å². The summed E-state index contributed by atoms with van der Waals surface area (Å²) in [6, 6.07) is 62.6. The third kappa shape index (κ3) is 18.8. The molecule has 4 saturated carbocycles. The predicted molar refractivity (Wildman–Crippen MR) is 407 cm³/mol. The first-order valence-corrected chi connectivity index (χ1v) is 36.6. The maximum absolute atomic E-state index is 7.57. The average molecular weight is 1740 g/mol. The summed E-state index contributed by atoms with van der Waals surface area (Å²) in [4.78, 5) is 17.9. The fourth-order valence-electron chi connectivity index (χ4n) is 14.5. The molecule has 2 radical (unpaired) electrons. The fraction of sp³-hybridized carbons (Fsp3) is 0.318. The quantitative estimate of drug-likeness (QED) is 0.106. The zero-order chi connectivity index (χ0) is 68.7. The van der Waals surface area contributed by atoms with Gasteiger partial charge < -0.3 is 34.2 Å². The Bertz CT molecular complexity index is 4450. The number of aliphatic hydroxyl groups is 4. The van der Waals surface area contributed by atoms with Crippen LogP contribution in [0.4, 0.5) is 0 Å². The molecule has 12 nitrogen and oxygen atoms in total. The van der Waals surface area contributed by atoms with E-state index >= 15 is 0 Å². The molecule has 14 aromatic rings.